The SMILES string of the molecule is CCCCn1cc(C(=O)OCC)c(N(CCC)C(=O)NCCC)n1. The quantitative estimate of drug-likeness (QED) is 0.665. The molecule has 1 heterocycles. The van der Waals surface area contributed by atoms with E-state index in [0.29, 0.717) is 31.0 Å². The number of rotatable bonds is 10. The Morgan fingerprint density at radius 2 is 1.96 bits per heavy atom. The maximum Gasteiger partial charge on any atom is 0.343 e. The van der Waals surface area contributed by atoms with E-state index in [4.69, 9.17) is 4.74 Å². The molecule has 1 rings (SSSR count). The summed E-state index contributed by atoms with van der Waals surface area (Å²) >= 11 is 0. The lowest BCUT2D eigenvalue weighted by Gasteiger charge is -2.21. The topological polar surface area (TPSA) is 76.5 Å². The Balaban J connectivity index is 3.14. The molecule has 0 saturated carbocycles. The van der Waals surface area contributed by atoms with E-state index in [1.807, 2.05) is 13.8 Å². The highest BCUT2D eigenvalue weighted by atomic mass is 16.5. The Labute approximate surface area is 144 Å². The molecule has 0 spiro atoms. The number of aromatic nitrogens is 2. The molecule has 7 nitrogen and oxygen atoms in total. The van der Waals surface area contributed by atoms with Gasteiger partial charge in [0.05, 0.1) is 6.61 Å². The molecule has 1 aromatic heterocycles. The number of unbranched alkanes of at least 4 members (excludes halogenated alkanes) is 1. The van der Waals surface area contributed by atoms with Crippen LogP contribution in [0.1, 0.15) is 63.7 Å². The van der Waals surface area contributed by atoms with Gasteiger partial charge in [0.15, 0.2) is 5.82 Å². The maximum absolute atomic E-state index is 12.5. The summed E-state index contributed by atoms with van der Waals surface area (Å²) in [4.78, 5) is 26.3. The van der Waals surface area contributed by atoms with Crippen molar-refractivity contribution in [2.75, 3.05) is 24.6 Å². The first kappa shape index (κ1) is 20.0. The van der Waals surface area contributed by atoms with E-state index in [1.165, 1.54) is 4.90 Å². The number of nitrogens with one attached hydrogen (secondary N) is 1. The predicted molar refractivity (Wildman–Crippen MR) is 94.4 cm³/mol. The van der Waals surface area contributed by atoms with Crippen molar-refractivity contribution in [3.63, 3.8) is 0 Å². The van der Waals surface area contributed by atoms with Crippen LogP contribution in [0.25, 0.3) is 0 Å². The summed E-state index contributed by atoms with van der Waals surface area (Å²) in [6.07, 6.45) is 5.28. The Morgan fingerprint density at radius 3 is 2.54 bits per heavy atom. The van der Waals surface area contributed by atoms with E-state index in [1.54, 1.807) is 17.8 Å². The number of urea groups is 1. The van der Waals surface area contributed by atoms with Crippen molar-refractivity contribution in [3.05, 3.63) is 11.8 Å². The summed E-state index contributed by atoms with van der Waals surface area (Å²) in [5, 5.41) is 7.33. The number of nitrogens with zero attached hydrogens (tertiary/aromatic N) is 3. The molecule has 0 aliphatic heterocycles. The van der Waals surface area contributed by atoms with Crippen molar-refractivity contribution in [2.24, 2.45) is 0 Å². The van der Waals surface area contributed by atoms with Crippen LogP contribution in [-0.2, 0) is 11.3 Å². The third-order valence-corrected chi connectivity index (χ3v) is 3.45. The first-order chi connectivity index (χ1) is 11.6. The van der Waals surface area contributed by atoms with Crippen molar-refractivity contribution >= 4 is 17.8 Å². The minimum atomic E-state index is -0.445. The minimum absolute atomic E-state index is 0.231. The summed E-state index contributed by atoms with van der Waals surface area (Å²) in [5.41, 5.74) is 0.341. The van der Waals surface area contributed by atoms with Gasteiger partial charge in [0, 0.05) is 25.8 Å². The van der Waals surface area contributed by atoms with Gasteiger partial charge in [-0.2, -0.15) is 5.10 Å². The van der Waals surface area contributed by atoms with Gasteiger partial charge in [0.2, 0.25) is 0 Å². The fourth-order valence-corrected chi connectivity index (χ4v) is 2.25. The lowest BCUT2D eigenvalue weighted by atomic mass is 10.3. The van der Waals surface area contributed by atoms with Gasteiger partial charge in [0.25, 0.3) is 0 Å². The van der Waals surface area contributed by atoms with E-state index in [0.717, 1.165) is 25.7 Å². The second-order valence-electron chi connectivity index (χ2n) is 5.59. The maximum atomic E-state index is 12.5. The molecule has 1 aromatic rings. The summed E-state index contributed by atoms with van der Waals surface area (Å²) in [7, 11) is 0. The fourth-order valence-electron chi connectivity index (χ4n) is 2.25. The van der Waals surface area contributed by atoms with Crippen molar-refractivity contribution in [3.8, 4) is 0 Å². The van der Waals surface area contributed by atoms with Crippen LogP contribution in [0.15, 0.2) is 6.20 Å². The van der Waals surface area contributed by atoms with E-state index >= 15 is 0 Å². The predicted octanol–water partition coefficient (Wildman–Crippen LogP) is 3.20. The number of ether oxygens (including phenoxy) is 1. The summed E-state index contributed by atoms with van der Waals surface area (Å²) in [6.45, 7) is 9.91. The first-order valence-corrected chi connectivity index (χ1v) is 8.88. The Bertz CT molecular complexity index is 528. The molecule has 0 fully saturated rings. The molecule has 0 aromatic carbocycles. The highest BCUT2D eigenvalue weighted by molar-refractivity contribution is 6.00. The average molecular weight is 338 g/mol. The van der Waals surface area contributed by atoms with Gasteiger partial charge in [-0.05, 0) is 26.2 Å². The molecule has 0 bridgehead atoms. The van der Waals surface area contributed by atoms with Crippen LogP contribution >= 0.6 is 0 Å². The van der Waals surface area contributed by atoms with Crippen LogP contribution in [-0.4, -0.2) is 41.5 Å². The van der Waals surface area contributed by atoms with Crippen molar-refractivity contribution in [1.82, 2.24) is 15.1 Å². The molecule has 0 aliphatic carbocycles. The van der Waals surface area contributed by atoms with Crippen LogP contribution in [0, 0.1) is 0 Å². The number of carbonyl (C=O) groups is 2. The number of hydrogen-bond acceptors (Lipinski definition) is 4. The molecule has 1 N–H and O–H groups in total. The molecule has 0 unspecified atom stereocenters. The van der Waals surface area contributed by atoms with Gasteiger partial charge in [-0.3, -0.25) is 9.58 Å². The van der Waals surface area contributed by atoms with Crippen molar-refractivity contribution in [1.29, 1.82) is 0 Å². The van der Waals surface area contributed by atoms with E-state index in [9.17, 15) is 9.59 Å². The van der Waals surface area contributed by atoms with Crippen molar-refractivity contribution < 1.29 is 14.3 Å². The Morgan fingerprint density at radius 1 is 1.21 bits per heavy atom. The van der Waals surface area contributed by atoms with Crippen LogP contribution in [0.5, 0.6) is 0 Å². The zero-order chi connectivity index (χ0) is 17.9. The lowest BCUT2D eigenvalue weighted by Crippen LogP contribution is -2.41. The largest absolute Gasteiger partial charge is 0.462 e. The van der Waals surface area contributed by atoms with Gasteiger partial charge in [0.1, 0.15) is 5.56 Å². The smallest absolute Gasteiger partial charge is 0.343 e. The second-order valence-corrected chi connectivity index (χ2v) is 5.59. The molecule has 0 aliphatic rings. The summed E-state index contributed by atoms with van der Waals surface area (Å²) < 4.78 is 6.85. The zero-order valence-corrected chi connectivity index (χ0v) is 15.3. The zero-order valence-electron chi connectivity index (χ0n) is 15.3. The molecule has 0 radical (unpaired) electrons. The van der Waals surface area contributed by atoms with Gasteiger partial charge < -0.3 is 10.1 Å². The number of anilines is 1. The van der Waals surface area contributed by atoms with Gasteiger partial charge in [-0.25, -0.2) is 9.59 Å². The standard InChI is InChI=1S/C17H30N4O3/c1-5-9-12-20-13-14(16(22)24-8-4)15(19-20)21(11-7-3)17(23)18-10-6-2/h13H,5-12H2,1-4H3,(H,18,23). The van der Waals surface area contributed by atoms with Crippen LogP contribution in [0.3, 0.4) is 0 Å². The van der Waals surface area contributed by atoms with Crippen LogP contribution in [0.4, 0.5) is 10.6 Å². The number of aryl methyl sites for hydroxylation is 1. The van der Waals surface area contributed by atoms with E-state index in [-0.39, 0.29) is 12.6 Å². The van der Waals surface area contributed by atoms with Crippen molar-refractivity contribution in [2.45, 2.75) is 59.9 Å². The Kier molecular flexibility index (Phi) is 8.89. The molecule has 2 amide bonds. The van der Waals surface area contributed by atoms with E-state index < -0.39 is 5.97 Å². The molecule has 0 saturated heterocycles. The fraction of sp³-hybridized carbons (Fsp3) is 0.706. The lowest BCUT2D eigenvalue weighted by molar-refractivity contribution is 0.0527. The third kappa shape index (κ3) is 5.54. The second kappa shape index (κ2) is 10.7. The number of esters is 1. The molecular formula is C17H30N4O3. The van der Waals surface area contributed by atoms with Crippen LogP contribution in [0.2, 0.25) is 0 Å². The van der Waals surface area contributed by atoms with Gasteiger partial charge in [-0.1, -0.05) is 27.2 Å². The average Bonchev–Trinajstić information content (AvgIpc) is 2.99. The molecule has 0 atom stereocenters. The first-order valence-electron chi connectivity index (χ1n) is 8.88. The normalized spacial score (nSPS) is 10.5. The molecule has 136 valence electrons. The van der Waals surface area contributed by atoms with Gasteiger partial charge >= 0.3 is 12.0 Å². The Hall–Kier alpha value is -2.05. The summed E-state index contributed by atoms with van der Waals surface area (Å²) in [6, 6.07) is -0.231. The highest BCUT2D eigenvalue weighted by Gasteiger charge is 2.26. The highest BCUT2D eigenvalue weighted by Crippen LogP contribution is 2.21. The monoisotopic (exact) mass is 338 g/mol. The molecule has 7 heteroatoms. The minimum Gasteiger partial charge on any atom is -0.462 e. The number of carbonyl (C=O) groups excluding carboxylic acids is 2. The third-order valence-electron chi connectivity index (χ3n) is 3.45. The summed E-state index contributed by atoms with van der Waals surface area (Å²) in [5.74, 6) is -0.0698. The number of hydrogen-bond donors (Lipinski definition) is 1. The number of amides is 2. The molecule has 24 heavy (non-hydrogen) atoms. The van der Waals surface area contributed by atoms with Gasteiger partial charge in [-0.15, -0.1) is 0 Å². The van der Waals surface area contributed by atoms with Crippen LogP contribution < -0.4 is 10.2 Å². The van der Waals surface area contributed by atoms with E-state index in [2.05, 4.69) is 17.3 Å². The molecular weight excluding hydrogens is 308 g/mol.